The van der Waals surface area contributed by atoms with Crippen LogP contribution >= 0.6 is 0 Å². The predicted octanol–water partition coefficient (Wildman–Crippen LogP) is 3.57. The molecule has 0 aromatic heterocycles. The van der Waals surface area contributed by atoms with Crippen molar-refractivity contribution in [1.29, 1.82) is 0 Å². The molecule has 0 aliphatic rings. The maximum Gasteiger partial charge on any atom is 0.339 e. The molecule has 0 spiro atoms. The van der Waals surface area contributed by atoms with E-state index in [2.05, 4.69) is 0 Å². The zero-order valence-corrected chi connectivity index (χ0v) is 14.9. The van der Waals surface area contributed by atoms with Crippen molar-refractivity contribution >= 4 is 11.9 Å². The number of ether oxygens (including phenoxy) is 1. The molecule has 132 valence electrons. The number of hydrogen-bond acceptors (Lipinski definition) is 3. The Hall–Kier alpha value is -2.69. The van der Waals surface area contributed by atoms with Crippen molar-refractivity contribution in [1.82, 2.24) is 4.90 Å². The van der Waals surface area contributed by atoms with Gasteiger partial charge in [-0.1, -0.05) is 35.9 Å². The average molecular weight is 343 g/mol. The second kappa shape index (κ2) is 7.92. The molecule has 0 heterocycles. The largest absolute Gasteiger partial charge is 0.452 e. The lowest BCUT2D eigenvalue weighted by Gasteiger charge is -2.18. The van der Waals surface area contributed by atoms with Crippen LogP contribution in [0.1, 0.15) is 32.6 Å². The van der Waals surface area contributed by atoms with Crippen molar-refractivity contribution in [3.8, 4) is 0 Å². The van der Waals surface area contributed by atoms with E-state index in [0.29, 0.717) is 11.1 Å². The van der Waals surface area contributed by atoms with E-state index >= 15 is 0 Å². The Balaban J connectivity index is 1.98. The lowest BCUT2D eigenvalue weighted by molar-refractivity contribution is -0.133. The van der Waals surface area contributed by atoms with Crippen LogP contribution in [0.3, 0.4) is 0 Å². The minimum absolute atomic E-state index is 0.117. The van der Waals surface area contributed by atoms with Gasteiger partial charge in [0.25, 0.3) is 5.91 Å². The van der Waals surface area contributed by atoms with E-state index in [9.17, 15) is 14.0 Å². The molecule has 0 saturated carbocycles. The van der Waals surface area contributed by atoms with Crippen molar-refractivity contribution in [2.45, 2.75) is 27.3 Å². The van der Waals surface area contributed by atoms with Gasteiger partial charge in [0.05, 0.1) is 5.56 Å². The van der Waals surface area contributed by atoms with Crippen molar-refractivity contribution in [3.63, 3.8) is 0 Å². The lowest BCUT2D eigenvalue weighted by atomic mass is 10.00. The molecule has 2 aromatic rings. The van der Waals surface area contributed by atoms with Gasteiger partial charge >= 0.3 is 5.97 Å². The molecule has 4 nitrogen and oxygen atoms in total. The van der Waals surface area contributed by atoms with Crippen molar-refractivity contribution in [2.75, 3.05) is 13.7 Å². The minimum atomic E-state index is -0.525. The molecule has 0 fully saturated rings. The molecule has 2 rings (SSSR count). The number of halogens is 1. The predicted molar refractivity (Wildman–Crippen MR) is 93.8 cm³/mol. The first-order valence-corrected chi connectivity index (χ1v) is 8.02. The summed E-state index contributed by atoms with van der Waals surface area (Å²) in [6, 6.07) is 10.1. The van der Waals surface area contributed by atoms with Crippen molar-refractivity contribution in [2.24, 2.45) is 0 Å². The van der Waals surface area contributed by atoms with E-state index in [1.54, 1.807) is 25.2 Å². The first-order valence-electron chi connectivity index (χ1n) is 8.02. The number of aryl methyl sites for hydroxylation is 3. The molecule has 0 aliphatic heterocycles. The molecule has 0 radical (unpaired) electrons. The van der Waals surface area contributed by atoms with Gasteiger partial charge in [-0.15, -0.1) is 0 Å². The van der Waals surface area contributed by atoms with Crippen LogP contribution in [0.2, 0.25) is 0 Å². The molecule has 25 heavy (non-hydrogen) atoms. The highest BCUT2D eigenvalue weighted by molar-refractivity contribution is 5.94. The Kier molecular flexibility index (Phi) is 5.91. The molecule has 5 heteroatoms. The fourth-order valence-corrected chi connectivity index (χ4v) is 2.78. The third-order valence-electron chi connectivity index (χ3n) is 4.00. The molecule has 0 atom stereocenters. The Morgan fingerprint density at radius 2 is 1.68 bits per heavy atom. The zero-order valence-electron chi connectivity index (χ0n) is 14.9. The number of esters is 1. The molecule has 0 bridgehead atoms. The summed E-state index contributed by atoms with van der Waals surface area (Å²) in [7, 11) is 1.55. The van der Waals surface area contributed by atoms with Crippen LogP contribution in [0.5, 0.6) is 0 Å². The molecule has 2 aromatic carbocycles. The fourth-order valence-electron chi connectivity index (χ4n) is 2.78. The van der Waals surface area contributed by atoms with Gasteiger partial charge in [-0.3, -0.25) is 4.79 Å². The third kappa shape index (κ3) is 4.66. The van der Waals surface area contributed by atoms with Gasteiger partial charge in [0.1, 0.15) is 5.82 Å². The molecular weight excluding hydrogens is 321 g/mol. The summed E-state index contributed by atoms with van der Waals surface area (Å²) in [5.41, 5.74) is 3.58. The van der Waals surface area contributed by atoms with E-state index in [0.717, 1.165) is 16.7 Å². The number of amides is 1. The fraction of sp³-hybridized carbons (Fsp3) is 0.300. The van der Waals surface area contributed by atoms with Gasteiger partial charge in [-0.05, 0) is 38.0 Å². The SMILES string of the molecule is Cc1cc(C)c(C(=O)OCC(=O)N(C)Cc2ccccc2F)c(C)c1. The van der Waals surface area contributed by atoms with Gasteiger partial charge in [0, 0.05) is 19.2 Å². The van der Waals surface area contributed by atoms with Crippen LogP contribution in [0, 0.1) is 26.6 Å². The Morgan fingerprint density at radius 3 is 2.28 bits per heavy atom. The molecule has 0 N–H and O–H groups in total. The normalized spacial score (nSPS) is 10.4. The first kappa shape index (κ1) is 18.6. The summed E-state index contributed by atoms with van der Waals surface area (Å²) in [6.07, 6.45) is 0. The van der Waals surface area contributed by atoms with Crippen LogP contribution < -0.4 is 0 Å². The Morgan fingerprint density at radius 1 is 1.08 bits per heavy atom. The summed E-state index contributed by atoms with van der Waals surface area (Å²) < 4.78 is 18.8. The number of benzene rings is 2. The van der Waals surface area contributed by atoms with Gasteiger partial charge in [-0.25, -0.2) is 9.18 Å². The maximum atomic E-state index is 13.6. The topological polar surface area (TPSA) is 46.6 Å². The summed E-state index contributed by atoms with van der Waals surface area (Å²) in [4.78, 5) is 25.8. The molecule has 0 unspecified atom stereocenters. The third-order valence-corrected chi connectivity index (χ3v) is 4.00. The van der Waals surface area contributed by atoms with E-state index in [-0.39, 0.29) is 24.9 Å². The minimum Gasteiger partial charge on any atom is -0.452 e. The van der Waals surface area contributed by atoms with Gasteiger partial charge in [-0.2, -0.15) is 0 Å². The molecule has 1 amide bonds. The number of rotatable bonds is 5. The lowest BCUT2D eigenvalue weighted by Crippen LogP contribution is -2.31. The smallest absolute Gasteiger partial charge is 0.339 e. The summed E-state index contributed by atoms with van der Waals surface area (Å²) in [6.45, 7) is 5.37. The monoisotopic (exact) mass is 343 g/mol. The molecule has 0 aliphatic carbocycles. The number of carbonyl (C=O) groups is 2. The average Bonchev–Trinajstić information content (AvgIpc) is 2.53. The van der Waals surface area contributed by atoms with Crippen LogP contribution in [0.4, 0.5) is 4.39 Å². The Labute approximate surface area is 147 Å². The highest BCUT2D eigenvalue weighted by atomic mass is 19.1. The van der Waals surface area contributed by atoms with E-state index in [4.69, 9.17) is 4.74 Å². The van der Waals surface area contributed by atoms with Crippen LogP contribution in [-0.2, 0) is 16.1 Å². The summed E-state index contributed by atoms with van der Waals surface area (Å²) in [5.74, 6) is -1.29. The van der Waals surface area contributed by atoms with Crippen LogP contribution in [0.25, 0.3) is 0 Å². The van der Waals surface area contributed by atoms with E-state index < -0.39 is 5.97 Å². The Bertz CT molecular complexity index is 778. The second-order valence-electron chi connectivity index (χ2n) is 6.19. The zero-order chi connectivity index (χ0) is 18.6. The quantitative estimate of drug-likeness (QED) is 0.780. The van der Waals surface area contributed by atoms with Gasteiger partial charge in [0.15, 0.2) is 6.61 Å². The van der Waals surface area contributed by atoms with Crippen LogP contribution in [-0.4, -0.2) is 30.4 Å². The molecule has 0 saturated heterocycles. The van der Waals surface area contributed by atoms with Gasteiger partial charge in [0.2, 0.25) is 0 Å². The summed E-state index contributed by atoms with van der Waals surface area (Å²) in [5, 5.41) is 0. The number of nitrogens with zero attached hydrogens (tertiary/aromatic N) is 1. The van der Waals surface area contributed by atoms with E-state index in [1.165, 1.54) is 11.0 Å². The number of hydrogen-bond donors (Lipinski definition) is 0. The second-order valence-corrected chi connectivity index (χ2v) is 6.19. The molecular formula is C20H22FNO3. The van der Waals surface area contributed by atoms with E-state index in [1.807, 2.05) is 32.9 Å². The highest BCUT2D eigenvalue weighted by Crippen LogP contribution is 2.17. The standard InChI is InChI=1S/C20H22FNO3/c1-13-9-14(2)19(15(3)10-13)20(24)25-12-18(23)22(4)11-16-7-5-6-8-17(16)21/h5-10H,11-12H2,1-4H3. The van der Waals surface area contributed by atoms with Crippen molar-refractivity contribution in [3.05, 3.63) is 70.0 Å². The number of carbonyl (C=O) groups excluding carboxylic acids is 2. The highest BCUT2D eigenvalue weighted by Gasteiger charge is 2.18. The summed E-state index contributed by atoms with van der Waals surface area (Å²) >= 11 is 0. The van der Waals surface area contributed by atoms with Crippen LogP contribution in [0.15, 0.2) is 36.4 Å². The maximum absolute atomic E-state index is 13.6. The van der Waals surface area contributed by atoms with Crippen molar-refractivity contribution < 1.29 is 18.7 Å². The van der Waals surface area contributed by atoms with Gasteiger partial charge < -0.3 is 9.64 Å². The number of likely N-dealkylation sites (N-methyl/N-ethyl adjacent to an activating group) is 1. The first-order chi connectivity index (χ1) is 11.8.